The maximum atomic E-state index is 6.83. The quantitative estimate of drug-likeness (QED) is 0.182. The number of benzene rings is 8. The molecule has 0 saturated carbocycles. The van der Waals surface area contributed by atoms with Crippen molar-refractivity contribution in [1.29, 1.82) is 0 Å². The lowest BCUT2D eigenvalue weighted by Gasteiger charge is -2.30. The van der Waals surface area contributed by atoms with Crippen LogP contribution in [-0.2, 0) is 0 Å². The molecule has 13 rings (SSSR count). The van der Waals surface area contributed by atoms with Gasteiger partial charge >= 0.3 is 0 Å². The van der Waals surface area contributed by atoms with Crippen LogP contribution in [0.25, 0.3) is 83.2 Å². The van der Waals surface area contributed by atoms with Gasteiger partial charge in [0.25, 0.3) is 0 Å². The molecule has 4 heterocycles. The highest BCUT2D eigenvalue weighted by Crippen LogP contribution is 2.44. The second kappa shape index (κ2) is 14.2. The Morgan fingerprint density at radius 2 is 1.08 bits per heavy atom. The average molecular weight is 810 g/mol. The van der Waals surface area contributed by atoms with Gasteiger partial charge in [0.2, 0.25) is 0 Å². The van der Waals surface area contributed by atoms with Crippen LogP contribution in [0.15, 0.2) is 215 Å². The number of hydrogen-bond donors (Lipinski definition) is 1. The first-order chi connectivity index (χ1) is 31.2. The largest absolute Gasteiger partial charge is 0.456 e. The minimum Gasteiger partial charge on any atom is -0.456 e. The summed E-state index contributed by atoms with van der Waals surface area (Å²) in [7, 11) is 0. The Bertz CT molecular complexity index is 3680. The monoisotopic (exact) mass is 809 g/mol. The van der Waals surface area contributed by atoms with Crippen molar-refractivity contribution in [3.05, 3.63) is 223 Å². The van der Waals surface area contributed by atoms with Crippen molar-refractivity contribution in [2.24, 2.45) is 9.98 Å². The zero-order valence-corrected chi connectivity index (χ0v) is 34.2. The lowest BCUT2D eigenvalue weighted by Crippen LogP contribution is -2.42. The Hall–Kier alpha value is -8.22. The molecular weight excluding hydrogens is 771 g/mol. The van der Waals surface area contributed by atoms with Crippen molar-refractivity contribution in [1.82, 2.24) is 14.5 Å². The number of fused-ring (bicyclic) bond motifs is 9. The number of rotatable bonds is 6. The van der Waals surface area contributed by atoms with E-state index in [1.54, 1.807) is 0 Å². The van der Waals surface area contributed by atoms with E-state index in [1.807, 2.05) is 12.1 Å². The third-order valence-corrected chi connectivity index (χ3v) is 12.9. The molecule has 0 radical (unpaired) electrons. The van der Waals surface area contributed by atoms with E-state index in [1.165, 1.54) is 38.1 Å². The molecule has 2 atom stereocenters. The Morgan fingerprint density at radius 3 is 1.79 bits per heavy atom. The number of aromatic nitrogens is 2. The van der Waals surface area contributed by atoms with Gasteiger partial charge in [-0.15, -0.1) is 0 Å². The van der Waals surface area contributed by atoms with Gasteiger partial charge in [0.15, 0.2) is 5.84 Å². The summed E-state index contributed by atoms with van der Waals surface area (Å²) in [5.41, 5.74) is 13.2. The summed E-state index contributed by atoms with van der Waals surface area (Å²) in [6, 6.07) is 69.0. The zero-order chi connectivity index (χ0) is 41.4. The fraction of sp³-hybridized carbons (Fsp3) is 0.0526. The predicted octanol–water partition coefficient (Wildman–Crippen LogP) is 13.6. The lowest BCUT2D eigenvalue weighted by molar-refractivity contribution is 0.492. The van der Waals surface area contributed by atoms with E-state index in [4.69, 9.17) is 14.4 Å². The van der Waals surface area contributed by atoms with Gasteiger partial charge in [-0.2, -0.15) is 0 Å². The Morgan fingerprint density at radius 1 is 0.476 bits per heavy atom. The lowest BCUT2D eigenvalue weighted by atomic mass is 9.86. The van der Waals surface area contributed by atoms with E-state index >= 15 is 0 Å². The predicted molar refractivity (Wildman–Crippen MR) is 260 cm³/mol. The second-order valence-corrected chi connectivity index (χ2v) is 16.5. The summed E-state index contributed by atoms with van der Waals surface area (Å²) in [5.74, 6) is 2.41. The van der Waals surface area contributed by atoms with Crippen LogP contribution in [0.3, 0.4) is 0 Å². The summed E-state index contributed by atoms with van der Waals surface area (Å²) in [5, 5.41) is 9.75. The molecule has 6 nitrogen and oxygen atoms in total. The standard InChI is InChI=1S/C57H39N5O/c1-4-16-36(17-5-1)38-20-14-21-39(32-38)56-58-55(37-18-6-2-7-19-37)59-57(60-56)45-26-15-29-52-54(45)44-31-30-41(33-53(44)63-52)62-49-28-13-11-25-43(49)47-34-50-46(35-51(47)62)42-24-10-12-27-48(42)61(50)40-22-8-3-9-23-40/h1-25,27-35,45,57H,26H2,(H,58,59,60). The van der Waals surface area contributed by atoms with E-state index < -0.39 is 0 Å². The van der Waals surface area contributed by atoms with Gasteiger partial charge in [-0.3, -0.25) is 0 Å². The van der Waals surface area contributed by atoms with Gasteiger partial charge in [-0.1, -0.05) is 140 Å². The van der Waals surface area contributed by atoms with Crippen molar-refractivity contribution < 1.29 is 4.42 Å². The van der Waals surface area contributed by atoms with Crippen LogP contribution in [0.1, 0.15) is 34.8 Å². The van der Waals surface area contributed by atoms with Crippen LogP contribution in [0.2, 0.25) is 0 Å². The van der Waals surface area contributed by atoms with Crippen molar-refractivity contribution in [2.75, 3.05) is 0 Å². The normalized spacial score (nSPS) is 16.1. The molecule has 2 unspecified atom stereocenters. The van der Waals surface area contributed by atoms with Crippen LogP contribution in [0, 0.1) is 0 Å². The first kappa shape index (κ1) is 35.5. The Labute approximate surface area is 363 Å². The molecule has 2 aliphatic rings. The van der Waals surface area contributed by atoms with Gasteiger partial charge < -0.3 is 18.9 Å². The van der Waals surface area contributed by atoms with E-state index in [0.29, 0.717) is 5.84 Å². The fourth-order valence-electron chi connectivity index (χ4n) is 10.1. The molecule has 6 heteroatoms. The fourth-order valence-corrected chi connectivity index (χ4v) is 10.1. The Balaban J connectivity index is 0.944. The third-order valence-electron chi connectivity index (χ3n) is 12.9. The molecule has 63 heavy (non-hydrogen) atoms. The van der Waals surface area contributed by atoms with E-state index in [9.17, 15) is 0 Å². The van der Waals surface area contributed by atoms with Crippen molar-refractivity contribution in [2.45, 2.75) is 18.5 Å². The first-order valence-corrected chi connectivity index (χ1v) is 21.6. The summed E-state index contributed by atoms with van der Waals surface area (Å²) in [6.07, 6.45) is 4.88. The maximum absolute atomic E-state index is 6.83. The number of amidine groups is 2. The van der Waals surface area contributed by atoms with E-state index in [2.05, 4.69) is 209 Å². The zero-order valence-electron chi connectivity index (χ0n) is 34.2. The smallest absolute Gasteiger partial charge is 0.159 e. The molecule has 0 fully saturated rings. The Kier molecular flexibility index (Phi) is 8.00. The van der Waals surface area contributed by atoms with Gasteiger partial charge in [0.05, 0.1) is 22.1 Å². The maximum Gasteiger partial charge on any atom is 0.159 e. The van der Waals surface area contributed by atoms with Crippen LogP contribution < -0.4 is 5.32 Å². The molecule has 0 saturated heterocycles. The molecule has 11 aromatic rings. The molecule has 1 aliphatic heterocycles. The van der Waals surface area contributed by atoms with Gasteiger partial charge in [-0.05, 0) is 78.2 Å². The van der Waals surface area contributed by atoms with Gasteiger partial charge in [0.1, 0.15) is 23.3 Å². The second-order valence-electron chi connectivity index (χ2n) is 16.5. The van der Waals surface area contributed by atoms with Crippen LogP contribution in [0.5, 0.6) is 0 Å². The highest BCUT2D eigenvalue weighted by molar-refractivity contribution is 6.19. The topological polar surface area (TPSA) is 59.8 Å². The molecular formula is C57H39N5O. The van der Waals surface area contributed by atoms with E-state index in [0.717, 1.165) is 73.6 Å². The number of nitrogens with zero attached hydrogens (tertiary/aromatic N) is 4. The first-order valence-electron chi connectivity index (χ1n) is 21.6. The number of hydrogen-bond acceptors (Lipinski definition) is 4. The van der Waals surface area contributed by atoms with Crippen LogP contribution >= 0.6 is 0 Å². The minimum atomic E-state index is -0.282. The summed E-state index contributed by atoms with van der Waals surface area (Å²) in [6.45, 7) is 0. The number of nitrogens with one attached hydrogen (secondary N) is 1. The number of allylic oxidation sites excluding steroid dienone is 1. The highest BCUT2D eigenvalue weighted by Gasteiger charge is 2.34. The molecule has 0 bridgehead atoms. The summed E-state index contributed by atoms with van der Waals surface area (Å²) >= 11 is 0. The highest BCUT2D eigenvalue weighted by atomic mass is 16.3. The molecule has 1 N–H and O–H groups in total. The molecule has 298 valence electrons. The summed E-state index contributed by atoms with van der Waals surface area (Å²) in [4.78, 5) is 10.6. The molecule has 0 amide bonds. The number of para-hydroxylation sites is 3. The SMILES string of the molecule is C1=Cc2oc3cc(-n4c5ccccc5c5cc6c(cc54)c4ccccc4n6-c4ccccc4)ccc3c2C(C2N=C(c3cccc(-c4ccccc4)c3)N=C(c3ccccc3)N2)C1. The average Bonchev–Trinajstić information content (AvgIpc) is 4.01. The molecule has 1 aliphatic carbocycles. The number of aliphatic imine (C=N–C) groups is 2. The van der Waals surface area contributed by atoms with Crippen LogP contribution in [0.4, 0.5) is 0 Å². The molecule has 8 aromatic carbocycles. The van der Waals surface area contributed by atoms with E-state index in [-0.39, 0.29) is 12.1 Å². The summed E-state index contributed by atoms with van der Waals surface area (Å²) < 4.78 is 11.6. The third kappa shape index (κ3) is 5.72. The van der Waals surface area contributed by atoms with Gasteiger partial charge in [-0.25, -0.2) is 9.98 Å². The van der Waals surface area contributed by atoms with Crippen molar-refractivity contribution in [3.63, 3.8) is 0 Å². The van der Waals surface area contributed by atoms with Crippen molar-refractivity contribution >= 4 is 72.3 Å². The van der Waals surface area contributed by atoms with Crippen LogP contribution in [-0.4, -0.2) is 27.0 Å². The minimum absolute atomic E-state index is 0.00192. The van der Waals surface area contributed by atoms with Gasteiger partial charge in [0, 0.05) is 67.0 Å². The molecule has 3 aromatic heterocycles. The molecule has 0 spiro atoms. The number of furan rings is 1. The van der Waals surface area contributed by atoms with Crippen molar-refractivity contribution in [3.8, 4) is 22.5 Å².